The number of nitrogens with two attached hydrogens (primary N) is 2. The van der Waals surface area contributed by atoms with Crippen molar-refractivity contribution in [2.45, 2.75) is 32.6 Å². The Morgan fingerprint density at radius 2 is 2.12 bits per heavy atom. The molecule has 0 aromatic carbocycles. The molecule has 0 fully saturated rings. The minimum Gasteiger partial charge on any atom is -0.443 e. The summed E-state index contributed by atoms with van der Waals surface area (Å²) in [6.45, 7) is 2.17. The number of ether oxygens (including phenoxy) is 1. The first-order valence-electron chi connectivity index (χ1n) is 5.09. The first kappa shape index (κ1) is 14.6. The molecule has 0 unspecified atom stereocenters. The highest BCUT2D eigenvalue weighted by molar-refractivity contribution is 7.80. The Labute approximate surface area is 100 Å². The van der Waals surface area contributed by atoms with Crippen LogP contribution in [-0.4, -0.2) is 23.5 Å². The summed E-state index contributed by atoms with van der Waals surface area (Å²) >= 11 is 4.61. The van der Waals surface area contributed by atoms with Crippen molar-refractivity contribution in [2.75, 3.05) is 6.61 Å². The fourth-order valence-electron chi connectivity index (χ4n) is 1.03. The molecule has 0 bridgehead atoms. The number of carbonyl (C=O) groups is 1. The summed E-state index contributed by atoms with van der Waals surface area (Å²) in [5.74, 6) is 0. The molecule has 0 radical (unpaired) electrons. The maximum absolute atomic E-state index is 10.4. The number of nitrogens with one attached hydrogen (secondary N) is 1. The number of hydrazone groups is 1. The van der Waals surface area contributed by atoms with Crippen molar-refractivity contribution in [1.82, 2.24) is 5.43 Å². The summed E-state index contributed by atoms with van der Waals surface area (Å²) in [5.41, 5.74) is 13.2. The van der Waals surface area contributed by atoms with Crippen LogP contribution in [0.15, 0.2) is 5.10 Å². The van der Waals surface area contributed by atoms with Crippen LogP contribution in [0.3, 0.4) is 0 Å². The lowest BCUT2D eigenvalue weighted by molar-refractivity contribution is 0.172. The highest BCUT2D eigenvalue weighted by Gasteiger charge is 2.03. The second-order valence-corrected chi connectivity index (χ2v) is 3.66. The van der Waals surface area contributed by atoms with Crippen molar-refractivity contribution in [1.29, 1.82) is 0 Å². The summed E-state index contributed by atoms with van der Waals surface area (Å²) in [4.78, 5) is 10.4. The Bertz CT molecular complexity index is 268. The van der Waals surface area contributed by atoms with Gasteiger partial charge in [0.05, 0.1) is 5.71 Å². The average molecular weight is 246 g/mol. The number of thiocarbonyl (C=S) groups is 1. The monoisotopic (exact) mass is 246 g/mol. The predicted octanol–water partition coefficient (Wildman–Crippen LogP) is 0.851. The molecule has 6 nitrogen and oxygen atoms in total. The fraction of sp³-hybridized carbons (Fsp3) is 0.667. The fourth-order valence-corrected chi connectivity index (χ4v) is 1.07. The maximum atomic E-state index is 10.4. The van der Waals surface area contributed by atoms with Gasteiger partial charge in [0, 0.05) is 0 Å². The molecule has 0 aliphatic heterocycles. The predicted molar refractivity (Wildman–Crippen MR) is 67.0 cm³/mol. The molecule has 0 saturated carbocycles. The molecule has 5 N–H and O–H groups in total. The minimum absolute atomic E-state index is 0.0641. The van der Waals surface area contributed by atoms with Crippen LogP contribution in [0.5, 0.6) is 0 Å². The molecule has 1 amide bonds. The second kappa shape index (κ2) is 8.90. The molecule has 0 atom stereocenters. The zero-order valence-corrected chi connectivity index (χ0v) is 10.2. The van der Waals surface area contributed by atoms with Crippen molar-refractivity contribution in [3.8, 4) is 0 Å². The van der Waals surface area contributed by atoms with E-state index < -0.39 is 6.09 Å². The van der Waals surface area contributed by atoms with E-state index in [-0.39, 0.29) is 11.7 Å². The van der Waals surface area contributed by atoms with Gasteiger partial charge in [-0.2, -0.15) is 5.10 Å². The molecule has 7 heteroatoms. The highest BCUT2D eigenvalue weighted by atomic mass is 32.1. The third-order valence-electron chi connectivity index (χ3n) is 1.77. The van der Waals surface area contributed by atoms with E-state index in [9.17, 15) is 4.79 Å². The molecule has 0 aromatic heterocycles. The minimum atomic E-state index is -0.821. The molecule has 92 valence electrons. The molecule has 0 aromatic rings. The van der Waals surface area contributed by atoms with E-state index in [1.165, 1.54) is 0 Å². The summed E-state index contributed by atoms with van der Waals surface area (Å²) in [5, 5.41) is 4.01. The van der Waals surface area contributed by atoms with Gasteiger partial charge in [0.15, 0.2) is 5.11 Å². The molecule has 0 heterocycles. The zero-order chi connectivity index (χ0) is 12.4. The van der Waals surface area contributed by atoms with Gasteiger partial charge in [0.1, 0.15) is 6.61 Å². The molecular formula is C9H18N4O2S. The van der Waals surface area contributed by atoms with Gasteiger partial charge in [-0.05, 0) is 25.1 Å². The van der Waals surface area contributed by atoms with Crippen LogP contribution < -0.4 is 16.9 Å². The SMILES string of the molecule is CCCCC/C(COC(N)=O)=N\NC(N)=S. The van der Waals surface area contributed by atoms with E-state index >= 15 is 0 Å². The zero-order valence-electron chi connectivity index (χ0n) is 9.36. The topological polar surface area (TPSA) is 103 Å². The van der Waals surface area contributed by atoms with Crippen LogP contribution in [0.2, 0.25) is 0 Å². The van der Waals surface area contributed by atoms with Crippen molar-refractivity contribution in [3.63, 3.8) is 0 Å². The van der Waals surface area contributed by atoms with Crippen LogP contribution in [0.4, 0.5) is 4.79 Å². The van der Waals surface area contributed by atoms with Gasteiger partial charge in [0.2, 0.25) is 0 Å². The summed E-state index contributed by atoms with van der Waals surface area (Å²) in [7, 11) is 0. The summed E-state index contributed by atoms with van der Waals surface area (Å²) < 4.78 is 4.65. The number of primary amides is 1. The number of hydrogen-bond donors (Lipinski definition) is 3. The van der Waals surface area contributed by atoms with Gasteiger partial charge in [-0.1, -0.05) is 19.8 Å². The lowest BCUT2D eigenvalue weighted by Crippen LogP contribution is -2.27. The molecule has 0 aliphatic rings. The van der Waals surface area contributed by atoms with Crippen molar-refractivity contribution >= 4 is 29.1 Å². The van der Waals surface area contributed by atoms with Crippen LogP contribution in [-0.2, 0) is 4.74 Å². The van der Waals surface area contributed by atoms with Gasteiger partial charge in [-0.15, -0.1) is 0 Å². The summed E-state index contributed by atoms with van der Waals surface area (Å²) in [6, 6.07) is 0. The van der Waals surface area contributed by atoms with E-state index in [4.69, 9.17) is 11.5 Å². The van der Waals surface area contributed by atoms with Gasteiger partial charge >= 0.3 is 6.09 Å². The second-order valence-electron chi connectivity index (χ2n) is 3.22. The molecule has 0 spiro atoms. The summed E-state index contributed by atoms with van der Waals surface area (Å²) in [6.07, 6.45) is 3.06. The number of amides is 1. The largest absolute Gasteiger partial charge is 0.443 e. The Morgan fingerprint density at radius 1 is 1.44 bits per heavy atom. The normalized spacial score (nSPS) is 10.9. The highest BCUT2D eigenvalue weighted by Crippen LogP contribution is 2.01. The molecule has 16 heavy (non-hydrogen) atoms. The third kappa shape index (κ3) is 9.20. The van der Waals surface area contributed by atoms with Crippen molar-refractivity contribution in [3.05, 3.63) is 0 Å². The first-order valence-corrected chi connectivity index (χ1v) is 5.50. The lowest BCUT2D eigenvalue weighted by atomic mass is 10.1. The lowest BCUT2D eigenvalue weighted by Gasteiger charge is -2.06. The molecule has 0 aliphatic carbocycles. The molecule has 0 rings (SSSR count). The Hall–Kier alpha value is -1.37. The van der Waals surface area contributed by atoms with E-state index in [0.717, 1.165) is 25.7 Å². The standard InChI is InChI=1S/C9H18N4O2S/c1-2-3-4-5-7(6-15-9(11)14)12-13-8(10)16/h2-6H2,1H3,(H2,11,14)(H3,10,13,16)/b12-7+. The molecular weight excluding hydrogens is 228 g/mol. The average Bonchev–Trinajstić information content (AvgIpc) is 2.21. The van der Waals surface area contributed by atoms with Crippen molar-refractivity contribution < 1.29 is 9.53 Å². The van der Waals surface area contributed by atoms with Crippen LogP contribution in [0.25, 0.3) is 0 Å². The quantitative estimate of drug-likeness (QED) is 0.267. The Balaban J connectivity index is 4.09. The van der Waals surface area contributed by atoms with Gasteiger partial charge < -0.3 is 16.2 Å². The number of rotatable bonds is 7. The number of carbonyl (C=O) groups excluding carboxylic acids is 1. The van der Waals surface area contributed by atoms with Gasteiger partial charge in [-0.3, -0.25) is 5.43 Å². The number of hydrogen-bond acceptors (Lipinski definition) is 4. The van der Waals surface area contributed by atoms with Crippen LogP contribution in [0, 0.1) is 0 Å². The van der Waals surface area contributed by atoms with E-state index in [0.29, 0.717) is 5.71 Å². The van der Waals surface area contributed by atoms with E-state index in [2.05, 4.69) is 34.4 Å². The van der Waals surface area contributed by atoms with Gasteiger partial charge in [0.25, 0.3) is 0 Å². The van der Waals surface area contributed by atoms with E-state index in [1.54, 1.807) is 0 Å². The third-order valence-corrected chi connectivity index (χ3v) is 1.87. The number of nitrogens with zero attached hydrogens (tertiary/aromatic N) is 1. The van der Waals surface area contributed by atoms with E-state index in [1.807, 2.05) is 0 Å². The number of unbranched alkanes of at least 4 members (excludes halogenated alkanes) is 2. The Morgan fingerprint density at radius 3 is 2.62 bits per heavy atom. The molecule has 0 saturated heterocycles. The van der Waals surface area contributed by atoms with Crippen molar-refractivity contribution in [2.24, 2.45) is 16.6 Å². The van der Waals surface area contributed by atoms with Crippen LogP contribution in [0.1, 0.15) is 32.6 Å². The maximum Gasteiger partial charge on any atom is 0.404 e. The Kier molecular flexibility index (Phi) is 8.14. The van der Waals surface area contributed by atoms with Gasteiger partial charge in [-0.25, -0.2) is 4.79 Å². The van der Waals surface area contributed by atoms with Crippen LogP contribution >= 0.6 is 12.2 Å². The first-order chi connectivity index (χ1) is 7.56. The smallest absolute Gasteiger partial charge is 0.404 e.